The number of anilines is 2. The first-order valence-corrected chi connectivity index (χ1v) is 32.7. The van der Waals surface area contributed by atoms with Gasteiger partial charge in [0.25, 0.3) is 0 Å². The molecular formula is C71H124N4Ni. The second kappa shape index (κ2) is 48.3. The van der Waals surface area contributed by atoms with E-state index in [-0.39, 0.29) is 16.5 Å². The molecule has 3 rings (SSSR count). The zero-order chi connectivity index (χ0) is 55.5. The van der Waals surface area contributed by atoms with E-state index >= 15 is 0 Å². The van der Waals surface area contributed by atoms with Crippen LogP contribution in [0.5, 0.6) is 0 Å². The number of unbranched alkanes of at least 4 members (excludes halogenated alkanes) is 26. The second-order valence-electron chi connectivity index (χ2n) is 21.7. The Morgan fingerprint density at radius 2 is 0.697 bits per heavy atom. The number of allylic oxidation sites excluding steroid dienone is 4. The fraction of sp³-hybridized carbons (Fsp3) is 0.718. The minimum atomic E-state index is 0. The van der Waals surface area contributed by atoms with E-state index in [0.717, 1.165) is 113 Å². The van der Waals surface area contributed by atoms with Crippen LogP contribution in [0, 0.1) is 13.8 Å². The van der Waals surface area contributed by atoms with Gasteiger partial charge >= 0.3 is 16.5 Å². The largest absolute Gasteiger partial charge is 2.00 e. The van der Waals surface area contributed by atoms with Crippen LogP contribution in [-0.4, -0.2) is 30.9 Å². The van der Waals surface area contributed by atoms with Crippen LogP contribution in [0.25, 0.3) is 16.9 Å². The standard InChI is InChI=1S/C63H106N4.2C4H9.Ni/c1-11-21-23-24-25-26-27-28-29-30-31-32-33-34-35-36-37-38-39-40-41-42-43-44-45-47-59-58(46-22-12-2)62(56-48-52(13-3)60(53(14-4)49-56)65(17-7)18-8)67(64)63(59)57-50-54(15-5)61(55(16-6)51-57)66(19-9)20-10;2*1-3-4-2;/h45,47-51H,11-44,46H2,1-10H3;2*1,3-4H2,2H3;/q;2*-1;+2. The van der Waals surface area contributed by atoms with Gasteiger partial charge in [0.15, 0.2) is 0 Å². The molecule has 0 amide bonds. The molecule has 0 bridgehead atoms. The predicted octanol–water partition coefficient (Wildman–Crippen LogP) is 23.2. The van der Waals surface area contributed by atoms with Crippen LogP contribution in [0.4, 0.5) is 11.4 Å². The van der Waals surface area contributed by atoms with E-state index < -0.39 is 0 Å². The number of hydrogen-bond acceptors (Lipinski definition) is 2. The predicted molar refractivity (Wildman–Crippen MR) is 341 cm³/mol. The van der Waals surface area contributed by atoms with Crippen LogP contribution < -0.4 is 9.80 Å². The minimum Gasteiger partial charge on any atom is -0.493 e. The number of hydrogen-bond donors (Lipinski definition) is 0. The van der Waals surface area contributed by atoms with Gasteiger partial charge in [0.1, 0.15) is 0 Å². The number of aryl methyl sites for hydroxylation is 4. The van der Waals surface area contributed by atoms with E-state index in [1.54, 1.807) is 4.70 Å². The summed E-state index contributed by atoms with van der Waals surface area (Å²) in [5.41, 5.74) is 27.8. The van der Waals surface area contributed by atoms with Gasteiger partial charge in [0.05, 0.1) is 5.57 Å². The molecule has 1 heterocycles. The molecular weight excluding hydrogens is 968 g/mol. The summed E-state index contributed by atoms with van der Waals surface area (Å²) in [4.78, 5) is 5.05. The second-order valence-corrected chi connectivity index (χ2v) is 21.7. The molecule has 5 heteroatoms. The Morgan fingerprint density at radius 1 is 0.408 bits per heavy atom. The molecule has 0 fully saturated rings. The van der Waals surface area contributed by atoms with Crippen LogP contribution in [0.1, 0.15) is 316 Å². The first-order chi connectivity index (χ1) is 36.7. The molecule has 0 aromatic heterocycles. The monoisotopic (exact) mass is 1090 g/mol. The van der Waals surface area contributed by atoms with Gasteiger partial charge in [-0.05, 0) is 126 Å². The van der Waals surface area contributed by atoms with Gasteiger partial charge in [-0.2, -0.15) is 12.8 Å². The Hall–Kier alpha value is -2.65. The van der Waals surface area contributed by atoms with E-state index in [9.17, 15) is 5.53 Å². The Balaban J connectivity index is 0.00000581. The van der Waals surface area contributed by atoms with Gasteiger partial charge in [-0.25, -0.2) is 4.70 Å². The Morgan fingerprint density at radius 3 is 0.974 bits per heavy atom. The number of benzene rings is 2. The van der Waals surface area contributed by atoms with Crippen molar-refractivity contribution < 1.29 is 21.2 Å². The van der Waals surface area contributed by atoms with Gasteiger partial charge in [0.2, 0.25) is 11.4 Å². The normalized spacial score (nSPS) is 12.3. The van der Waals surface area contributed by atoms with Crippen molar-refractivity contribution in [3.63, 3.8) is 0 Å². The van der Waals surface area contributed by atoms with Gasteiger partial charge in [-0.1, -0.05) is 228 Å². The van der Waals surface area contributed by atoms with Crippen molar-refractivity contribution in [1.82, 2.24) is 0 Å². The maximum Gasteiger partial charge on any atom is 2.00 e. The van der Waals surface area contributed by atoms with Gasteiger partial charge in [-0.3, -0.25) is 0 Å². The van der Waals surface area contributed by atoms with Crippen LogP contribution >= 0.6 is 0 Å². The van der Waals surface area contributed by atoms with Gasteiger partial charge < -0.3 is 29.2 Å². The molecule has 0 spiro atoms. The Bertz CT molecular complexity index is 1790. The maximum absolute atomic E-state index is 12.7. The van der Waals surface area contributed by atoms with Crippen molar-refractivity contribution in [3.8, 4) is 0 Å². The molecule has 1 aliphatic heterocycles. The van der Waals surface area contributed by atoms with E-state index in [2.05, 4.69) is 143 Å². The molecule has 0 aliphatic carbocycles. The molecule has 0 N–H and O–H groups in total. The molecule has 1 aliphatic rings. The molecule has 438 valence electrons. The SMILES string of the molecule is CCCCCCCCCCCCCCCCCCCCCCCCCC=CC1=C(c2cc(CC)c(N(CC)CC)c(CC)c2)[N+](=[N-])C(c2cc(CC)c(N(CC)CC)c(CC)c2)=C1CCCC.[CH2-]CCC.[CH2-]CCC.[Ni+2]. The van der Waals surface area contributed by atoms with Crippen LogP contribution in [0.3, 0.4) is 0 Å². The molecule has 4 nitrogen and oxygen atoms in total. The van der Waals surface area contributed by atoms with Crippen LogP contribution in [0.15, 0.2) is 47.6 Å². The fourth-order valence-corrected chi connectivity index (χ4v) is 11.0. The third-order valence-electron chi connectivity index (χ3n) is 15.8. The summed E-state index contributed by atoms with van der Waals surface area (Å²) in [6, 6.07) is 9.61. The minimum absolute atomic E-state index is 0. The van der Waals surface area contributed by atoms with Crippen molar-refractivity contribution in [2.24, 2.45) is 0 Å². The van der Waals surface area contributed by atoms with Crippen molar-refractivity contribution in [2.45, 2.75) is 308 Å². The van der Waals surface area contributed by atoms with E-state index in [1.807, 2.05) is 0 Å². The van der Waals surface area contributed by atoms with E-state index in [1.165, 1.54) is 205 Å². The summed E-state index contributed by atoms with van der Waals surface area (Å²) in [5, 5.41) is 0. The number of nitrogens with zero attached hydrogens (tertiary/aromatic N) is 4. The zero-order valence-corrected chi connectivity index (χ0v) is 53.5. The third kappa shape index (κ3) is 27.0. The quantitative estimate of drug-likeness (QED) is 0.0287. The molecule has 0 atom stereocenters. The number of rotatable bonds is 42. The Labute approximate surface area is 485 Å². The van der Waals surface area contributed by atoms with Crippen molar-refractivity contribution in [3.05, 3.63) is 100 Å². The first kappa shape index (κ1) is 73.4. The fourth-order valence-electron chi connectivity index (χ4n) is 11.0. The Kier molecular flexibility index (Phi) is 46.6. The van der Waals surface area contributed by atoms with Crippen molar-refractivity contribution in [2.75, 3.05) is 36.0 Å². The summed E-state index contributed by atoms with van der Waals surface area (Å²) in [6.45, 7) is 38.3. The van der Waals surface area contributed by atoms with Crippen molar-refractivity contribution >= 4 is 22.8 Å². The first-order valence-electron chi connectivity index (χ1n) is 32.7. The summed E-state index contributed by atoms with van der Waals surface area (Å²) in [6.07, 6.45) is 50.2. The third-order valence-corrected chi connectivity index (χ3v) is 15.8. The summed E-state index contributed by atoms with van der Waals surface area (Å²) in [5.74, 6) is 0. The zero-order valence-electron chi connectivity index (χ0n) is 52.6. The molecule has 2 aromatic carbocycles. The smallest absolute Gasteiger partial charge is 0.493 e. The van der Waals surface area contributed by atoms with E-state index in [4.69, 9.17) is 0 Å². The van der Waals surface area contributed by atoms with Crippen LogP contribution in [-0.2, 0) is 42.2 Å². The molecule has 2 aromatic rings. The van der Waals surface area contributed by atoms with Gasteiger partial charge in [0, 0.05) is 54.3 Å². The average molecular weight is 1090 g/mol. The molecule has 0 radical (unpaired) electrons. The topological polar surface area (TPSA) is 31.8 Å². The summed E-state index contributed by atoms with van der Waals surface area (Å²) >= 11 is 0. The molecule has 76 heavy (non-hydrogen) atoms. The molecule has 0 saturated carbocycles. The average Bonchev–Trinajstić information content (AvgIpc) is 3.72. The van der Waals surface area contributed by atoms with Crippen molar-refractivity contribution in [1.29, 1.82) is 0 Å². The summed E-state index contributed by atoms with van der Waals surface area (Å²) < 4.78 is 1.61. The van der Waals surface area contributed by atoms with E-state index in [0.29, 0.717) is 0 Å². The molecule has 0 unspecified atom stereocenters. The summed E-state index contributed by atoms with van der Waals surface area (Å²) in [7, 11) is 0. The van der Waals surface area contributed by atoms with Crippen LogP contribution in [0.2, 0.25) is 0 Å². The van der Waals surface area contributed by atoms with Gasteiger partial charge in [-0.15, -0.1) is 0 Å². The molecule has 0 saturated heterocycles. The maximum atomic E-state index is 12.7.